The Morgan fingerprint density at radius 3 is 2.28 bits per heavy atom. The Labute approximate surface area is 147 Å². The van der Waals surface area contributed by atoms with Gasteiger partial charge in [-0.1, -0.05) is 42.5 Å². The first kappa shape index (κ1) is 15.6. The first-order valence-corrected chi connectivity index (χ1v) is 8.72. The smallest absolute Gasteiger partial charge is 0.229 e. The number of hydrogen-bond donors (Lipinski definition) is 0. The fourth-order valence-corrected chi connectivity index (χ4v) is 3.24. The molecular formula is C21H20N2O2. The number of oxazole rings is 1. The van der Waals surface area contributed by atoms with Crippen LogP contribution in [0, 0.1) is 0 Å². The lowest BCUT2D eigenvalue weighted by Gasteiger charge is -2.26. The minimum atomic E-state index is 0.594. The van der Waals surface area contributed by atoms with Crippen LogP contribution in [0.25, 0.3) is 22.7 Å². The highest BCUT2D eigenvalue weighted by Crippen LogP contribution is 2.36. The van der Waals surface area contributed by atoms with Crippen LogP contribution in [0.4, 0.5) is 5.88 Å². The molecule has 126 valence electrons. The molecule has 2 aromatic carbocycles. The first-order valence-electron chi connectivity index (χ1n) is 8.72. The number of aldehydes is 1. The molecule has 0 N–H and O–H groups in total. The highest BCUT2D eigenvalue weighted by Gasteiger charge is 2.22. The lowest BCUT2D eigenvalue weighted by Crippen LogP contribution is -2.29. The average molecular weight is 332 g/mol. The molecule has 1 fully saturated rings. The summed E-state index contributed by atoms with van der Waals surface area (Å²) in [6, 6.07) is 17.5. The van der Waals surface area contributed by atoms with Crippen LogP contribution in [-0.2, 0) is 0 Å². The molecule has 1 aliphatic rings. The zero-order valence-corrected chi connectivity index (χ0v) is 14.0. The molecule has 25 heavy (non-hydrogen) atoms. The summed E-state index contributed by atoms with van der Waals surface area (Å²) in [5, 5.41) is 0. The molecule has 0 radical (unpaired) electrons. The molecule has 0 unspecified atom stereocenters. The number of nitrogens with zero attached hydrogens (tertiary/aromatic N) is 2. The fourth-order valence-electron chi connectivity index (χ4n) is 3.24. The van der Waals surface area contributed by atoms with Gasteiger partial charge in [0.1, 0.15) is 12.0 Å². The van der Waals surface area contributed by atoms with Crippen LogP contribution in [0.5, 0.6) is 0 Å². The molecule has 0 atom stereocenters. The molecule has 0 aliphatic carbocycles. The van der Waals surface area contributed by atoms with Crippen molar-refractivity contribution in [3.8, 4) is 22.7 Å². The molecule has 2 heterocycles. The largest absolute Gasteiger partial charge is 0.420 e. The van der Waals surface area contributed by atoms with Gasteiger partial charge in [0.05, 0.1) is 0 Å². The number of anilines is 1. The topological polar surface area (TPSA) is 46.3 Å². The van der Waals surface area contributed by atoms with Crippen molar-refractivity contribution >= 4 is 12.2 Å². The van der Waals surface area contributed by atoms with Crippen LogP contribution in [0.2, 0.25) is 0 Å². The number of carbonyl (C=O) groups excluding carboxylic acids is 1. The molecule has 3 aromatic rings. The number of aromatic nitrogens is 1. The zero-order valence-electron chi connectivity index (χ0n) is 14.0. The van der Waals surface area contributed by atoms with Gasteiger partial charge in [0, 0.05) is 29.8 Å². The molecule has 4 nitrogen and oxygen atoms in total. The predicted molar refractivity (Wildman–Crippen MR) is 98.8 cm³/mol. The van der Waals surface area contributed by atoms with E-state index in [-0.39, 0.29) is 0 Å². The number of piperidine rings is 1. The van der Waals surface area contributed by atoms with E-state index < -0.39 is 0 Å². The van der Waals surface area contributed by atoms with Crippen LogP contribution in [-0.4, -0.2) is 24.4 Å². The average Bonchev–Trinajstić information content (AvgIpc) is 3.15. The van der Waals surface area contributed by atoms with Crippen molar-refractivity contribution < 1.29 is 9.21 Å². The summed E-state index contributed by atoms with van der Waals surface area (Å²) in [6.07, 6.45) is 4.47. The summed E-state index contributed by atoms with van der Waals surface area (Å²) in [6.45, 7) is 2.00. The van der Waals surface area contributed by atoms with E-state index in [1.54, 1.807) is 12.1 Å². The number of carbonyl (C=O) groups is 1. The molecule has 1 aromatic heterocycles. The molecule has 0 saturated carbocycles. The molecule has 1 aliphatic heterocycles. The molecule has 0 spiro atoms. The van der Waals surface area contributed by atoms with Crippen molar-refractivity contribution in [3.05, 3.63) is 60.2 Å². The van der Waals surface area contributed by atoms with Gasteiger partial charge in [-0.25, -0.2) is 4.98 Å². The Bertz CT molecular complexity index is 847. The summed E-state index contributed by atoms with van der Waals surface area (Å²) in [4.78, 5) is 17.9. The van der Waals surface area contributed by atoms with Crippen LogP contribution in [0.15, 0.2) is 59.0 Å². The second-order valence-corrected chi connectivity index (χ2v) is 6.33. The van der Waals surface area contributed by atoms with Gasteiger partial charge in [0.15, 0.2) is 0 Å². The summed E-state index contributed by atoms with van der Waals surface area (Å²) in [5.41, 5.74) is 3.47. The third-order valence-corrected chi connectivity index (χ3v) is 4.59. The first-order chi connectivity index (χ1) is 12.3. The monoisotopic (exact) mass is 332 g/mol. The van der Waals surface area contributed by atoms with Crippen molar-refractivity contribution in [1.82, 2.24) is 4.98 Å². The maximum absolute atomic E-state index is 10.9. The Balaban J connectivity index is 1.78. The SMILES string of the molecule is O=Cc1ccc(-c2nc(-c3ccccc3)c(N3CCCCC3)o2)cc1. The molecule has 4 rings (SSSR count). The fraction of sp³-hybridized carbons (Fsp3) is 0.238. The van der Waals surface area contributed by atoms with Gasteiger partial charge >= 0.3 is 0 Å². The molecular weight excluding hydrogens is 312 g/mol. The highest BCUT2D eigenvalue weighted by molar-refractivity contribution is 5.77. The third kappa shape index (κ3) is 3.20. The van der Waals surface area contributed by atoms with E-state index in [2.05, 4.69) is 17.0 Å². The van der Waals surface area contributed by atoms with Gasteiger partial charge in [0.25, 0.3) is 0 Å². The van der Waals surface area contributed by atoms with E-state index in [0.29, 0.717) is 11.5 Å². The summed E-state index contributed by atoms with van der Waals surface area (Å²) < 4.78 is 6.19. The van der Waals surface area contributed by atoms with E-state index in [0.717, 1.165) is 42.1 Å². The van der Waals surface area contributed by atoms with Crippen molar-refractivity contribution in [1.29, 1.82) is 0 Å². The van der Waals surface area contributed by atoms with Gasteiger partial charge in [0.2, 0.25) is 11.8 Å². The van der Waals surface area contributed by atoms with E-state index in [1.807, 2.05) is 30.3 Å². The quantitative estimate of drug-likeness (QED) is 0.643. The number of hydrogen-bond acceptors (Lipinski definition) is 4. The summed E-state index contributed by atoms with van der Waals surface area (Å²) >= 11 is 0. The molecule has 4 heteroatoms. The third-order valence-electron chi connectivity index (χ3n) is 4.59. The molecule has 0 bridgehead atoms. The lowest BCUT2D eigenvalue weighted by atomic mass is 10.1. The van der Waals surface area contributed by atoms with E-state index in [1.165, 1.54) is 19.3 Å². The van der Waals surface area contributed by atoms with Crippen LogP contribution >= 0.6 is 0 Å². The Morgan fingerprint density at radius 1 is 0.880 bits per heavy atom. The normalized spacial score (nSPS) is 14.5. The van der Waals surface area contributed by atoms with Gasteiger partial charge < -0.3 is 9.32 Å². The van der Waals surface area contributed by atoms with Gasteiger partial charge in [-0.05, 0) is 31.4 Å². The van der Waals surface area contributed by atoms with Crippen molar-refractivity contribution in [2.45, 2.75) is 19.3 Å². The van der Waals surface area contributed by atoms with E-state index in [4.69, 9.17) is 9.40 Å². The second kappa shape index (κ2) is 6.93. The van der Waals surface area contributed by atoms with Crippen molar-refractivity contribution in [2.75, 3.05) is 18.0 Å². The molecule has 0 amide bonds. The van der Waals surface area contributed by atoms with Crippen molar-refractivity contribution in [3.63, 3.8) is 0 Å². The lowest BCUT2D eigenvalue weighted by molar-refractivity contribution is 0.112. The minimum absolute atomic E-state index is 0.594. The van der Waals surface area contributed by atoms with Crippen LogP contribution < -0.4 is 4.90 Å². The second-order valence-electron chi connectivity index (χ2n) is 6.33. The van der Waals surface area contributed by atoms with Gasteiger partial charge in [-0.2, -0.15) is 0 Å². The van der Waals surface area contributed by atoms with E-state index in [9.17, 15) is 4.79 Å². The zero-order chi connectivity index (χ0) is 17.1. The maximum atomic E-state index is 10.9. The van der Waals surface area contributed by atoms with Crippen LogP contribution in [0.1, 0.15) is 29.6 Å². The summed E-state index contributed by atoms with van der Waals surface area (Å²) in [7, 11) is 0. The Kier molecular flexibility index (Phi) is 4.34. The van der Waals surface area contributed by atoms with E-state index >= 15 is 0 Å². The number of benzene rings is 2. The van der Waals surface area contributed by atoms with Crippen LogP contribution in [0.3, 0.4) is 0 Å². The predicted octanol–water partition coefficient (Wildman–Crippen LogP) is 4.81. The molecule has 1 saturated heterocycles. The standard InChI is InChI=1S/C21H20N2O2/c24-15-16-9-11-18(12-10-16)20-22-19(17-7-3-1-4-8-17)21(25-20)23-13-5-2-6-14-23/h1,3-4,7-12,15H,2,5-6,13-14H2. The highest BCUT2D eigenvalue weighted by atomic mass is 16.4. The van der Waals surface area contributed by atoms with Gasteiger partial charge in [-0.3, -0.25) is 4.79 Å². The van der Waals surface area contributed by atoms with Gasteiger partial charge in [-0.15, -0.1) is 0 Å². The Morgan fingerprint density at radius 2 is 1.60 bits per heavy atom. The number of rotatable bonds is 4. The Hall–Kier alpha value is -2.88. The maximum Gasteiger partial charge on any atom is 0.229 e. The van der Waals surface area contributed by atoms with Crippen molar-refractivity contribution in [2.24, 2.45) is 0 Å². The minimum Gasteiger partial charge on any atom is -0.420 e. The summed E-state index contributed by atoms with van der Waals surface area (Å²) in [5.74, 6) is 1.44.